The summed E-state index contributed by atoms with van der Waals surface area (Å²) >= 11 is 0. The number of benzene rings is 1. The van der Waals surface area contributed by atoms with E-state index in [4.69, 9.17) is 11.2 Å². The molecule has 0 amide bonds. The van der Waals surface area contributed by atoms with Gasteiger partial charge in [0.2, 0.25) is 5.88 Å². The summed E-state index contributed by atoms with van der Waals surface area (Å²) in [7, 11) is -3.60. The first kappa shape index (κ1) is 23.5. The second-order valence-electron chi connectivity index (χ2n) is 8.20. The van der Waals surface area contributed by atoms with Gasteiger partial charge in [0, 0.05) is 11.3 Å². The van der Waals surface area contributed by atoms with Crippen molar-refractivity contribution in [3.05, 3.63) is 53.2 Å². The second kappa shape index (κ2) is 8.43. The van der Waals surface area contributed by atoms with Gasteiger partial charge in [-0.3, -0.25) is 4.99 Å². The first-order valence-corrected chi connectivity index (χ1v) is 11.4. The van der Waals surface area contributed by atoms with Crippen LogP contribution in [0.2, 0.25) is 0 Å². The Kier molecular flexibility index (Phi) is 6.20. The van der Waals surface area contributed by atoms with Crippen LogP contribution < -0.4 is 4.74 Å². The molecule has 3 rings (SSSR count). The molecular formula is C23H23F2N3O3S. The van der Waals surface area contributed by atoms with Crippen LogP contribution in [0, 0.1) is 18.2 Å². The minimum Gasteiger partial charge on any atom is -0.463 e. The Labute approximate surface area is 186 Å². The largest absolute Gasteiger partial charge is 0.463 e. The van der Waals surface area contributed by atoms with Crippen LogP contribution in [0.25, 0.3) is 11.9 Å². The fourth-order valence-corrected chi connectivity index (χ4v) is 5.16. The molecule has 0 saturated carbocycles. The van der Waals surface area contributed by atoms with E-state index in [2.05, 4.69) is 20.9 Å². The maximum absolute atomic E-state index is 14.7. The van der Waals surface area contributed by atoms with Gasteiger partial charge in [-0.25, -0.2) is 27.2 Å². The summed E-state index contributed by atoms with van der Waals surface area (Å²) < 4.78 is 59.1. The van der Waals surface area contributed by atoms with Gasteiger partial charge in [-0.05, 0) is 51.5 Å². The summed E-state index contributed by atoms with van der Waals surface area (Å²) in [5, 5.41) is 0. The van der Waals surface area contributed by atoms with Crippen molar-refractivity contribution in [3.63, 3.8) is 0 Å². The van der Waals surface area contributed by atoms with Crippen LogP contribution in [-0.2, 0) is 15.4 Å². The molecule has 0 N–H and O–H groups in total. The molecule has 2 heterocycles. The van der Waals surface area contributed by atoms with Gasteiger partial charge in [-0.1, -0.05) is 12.0 Å². The molecule has 9 heteroatoms. The van der Waals surface area contributed by atoms with E-state index in [1.807, 2.05) is 0 Å². The van der Waals surface area contributed by atoms with Crippen molar-refractivity contribution in [2.24, 2.45) is 4.99 Å². The van der Waals surface area contributed by atoms with E-state index < -0.39 is 31.8 Å². The number of aliphatic imine (C=N–C) groups is 1. The van der Waals surface area contributed by atoms with E-state index in [0.29, 0.717) is 11.3 Å². The Morgan fingerprint density at radius 1 is 1.28 bits per heavy atom. The van der Waals surface area contributed by atoms with Crippen LogP contribution in [-0.4, -0.2) is 41.2 Å². The normalized spacial score (nSPS) is 22.0. The van der Waals surface area contributed by atoms with Crippen molar-refractivity contribution >= 4 is 27.5 Å². The van der Waals surface area contributed by atoms with Gasteiger partial charge < -0.3 is 4.74 Å². The third kappa shape index (κ3) is 4.41. The summed E-state index contributed by atoms with van der Waals surface area (Å²) in [6, 6.07) is 3.95. The van der Waals surface area contributed by atoms with E-state index >= 15 is 0 Å². The van der Waals surface area contributed by atoms with Gasteiger partial charge in [0.1, 0.15) is 16.3 Å². The highest BCUT2D eigenvalue weighted by Gasteiger charge is 2.48. The van der Waals surface area contributed by atoms with Gasteiger partial charge in [0.15, 0.2) is 22.3 Å². The first-order chi connectivity index (χ1) is 14.9. The predicted molar refractivity (Wildman–Crippen MR) is 120 cm³/mol. The Hall–Kier alpha value is -3.12. The smallest absolute Gasteiger partial charge is 0.233 e. The lowest BCUT2D eigenvalue weighted by molar-refractivity contribution is 0.353. The van der Waals surface area contributed by atoms with Crippen LogP contribution >= 0.6 is 0 Å². The number of nitrogens with zero attached hydrogens (tertiary/aromatic N) is 3. The van der Waals surface area contributed by atoms with Crippen molar-refractivity contribution in [2.75, 3.05) is 12.4 Å². The average Bonchev–Trinajstić information content (AvgIpc) is 2.72. The molecule has 6 nitrogen and oxygen atoms in total. The highest BCUT2D eigenvalue weighted by Crippen LogP contribution is 2.39. The fourth-order valence-electron chi connectivity index (χ4n) is 3.35. The number of hydrogen-bond donors (Lipinski definition) is 0. The van der Waals surface area contributed by atoms with Crippen molar-refractivity contribution < 1.29 is 21.9 Å². The molecule has 0 bridgehead atoms. The Morgan fingerprint density at radius 2 is 2.00 bits per heavy atom. The Balaban J connectivity index is 1.97. The standard InChI is InChI=1S/C23H23F2N3O3S/c1-6-9-31-21-13-26-20(12-27-21)19(25)11-16-7-8-18(24)17(10-16)23(5)14-32(29,30)22(3,4)15(2)28-23/h1,7-8,10-13H,9,14H2,2-5H3/b19-11-/t23-/m0/s1. The lowest BCUT2D eigenvalue weighted by Crippen LogP contribution is -2.50. The highest BCUT2D eigenvalue weighted by molar-refractivity contribution is 7.93. The number of hydrogen-bond acceptors (Lipinski definition) is 6. The highest BCUT2D eigenvalue weighted by atomic mass is 32.2. The van der Waals surface area contributed by atoms with Crippen molar-refractivity contribution in [1.82, 2.24) is 9.97 Å². The number of halogens is 2. The quantitative estimate of drug-likeness (QED) is 0.632. The molecule has 0 unspecified atom stereocenters. The summed E-state index contributed by atoms with van der Waals surface area (Å²) in [5.41, 5.74) is -0.601. The maximum atomic E-state index is 14.7. The Bertz CT molecular complexity index is 1250. The summed E-state index contributed by atoms with van der Waals surface area (Å²) in [6.45, 7) is 6.35. The monoisotopic (exact) mass is 459 g/mol. The van der Waals surface area contributed by atoms with Gasteiger partial charge in [-0.15, -0.1) is 6.42 Å². The van der Waals surface area contributed by atoms with E-state index in [1.165, 1.54) is 30.6 Å². The SMILES string of the molecule is C#CCOc1cnc(/C(F)=C/c2ccc(F)c([C@]3(C)CS(=O)(=O)C(C)(C)C(C)=N3)c2)cn1. The first-order valence-electron chi connectivity index (χ1n) is 9.75. The Morgan fingerprint density at radius 3 is 2.59 bits per heavy atom. The zero-order valence-corrected chi connectivity index (χ0v) is 19.0. The molecule has 168 valence electrons. The van der Waals surface area contributed by atoms with E-state index in [9.17, 15) is 17.2 Å². The number of terminal acetylenes is 1. The predicted octanol–water partition coefficient (Wildman–Crippen LogP) is 3.98. The fraction of sp³-hybridized carbons (Fsp3) is 0.348. The molecule has 1 atom stereocenters. The molecule has 0 saturated heterocycles. The van der Waals surface area contributed by atoms with Crippen LogP contribution in [0.1, 0.15) is 44.5 Å². The molecule has 0 fully saturated rings. The molecule has 1 aromatic carbocycles. The minimum atomic E-state index is -3.60. The van der Waals surface area contributed by atoms with Crippen LogP contribution in [0.5, 0.6) is 5.88 Å². The number of rotatable bonds is 5. The second-order valence-corrected chi connectivity index (χ2v) is 10.7. The van der Waals surface area contributed by atoms with Gasteiger partial charge in [0.05, 0.1) is 23.7 Å². The molecule has 2 aromatic rings. The third-order valence-corrected chi connectivity index (χ3v) is 8.37. The zero-order chi connectivity index (χ0) is 23.7. The van der Waals surface area contributed by atoms with E-state index in [-0.39, 0.29) is 29.5 Å². The van der Waals surface area contributed by atoms with Crippen molar-refractivity contribution in [3.8, 4) is 18.2 Å². The molecule has 1 aliphatic heterocycles. The van der Waals surface area contributed by atoms with Gasteiger partial charge >= 0.3 is 0 Å². The van der Waals surface area contributed by atoms with Crippen molar-refractivity contribution in [2.45, 2.75) is 38.0 Å². The molecule has 0 aliphatic carbocycles. The minimum absolute atomic E-state index is 0.0122. The van der Waals surface area contributed by atoms with Gasteiger partial charge in [-0.2, -0.15) is 0 Å². The lowest BCUT2D eigenvalue weighted by atomic mass is 9.91. The molecule has 0 radical (unpaired) electrons. The molecule has 32 heavy (non-hydrogen) atoms. The van der Waals surface area contributed by atoms with Crippen LogP contribution in [0.4, 0.5) is 8.78 Å². The topological polar surface area (TPSA) is 81.5 Å². The van der Waals surface area contributed by atoms with Crippen molar-refractivity contribution in [1.29, 1.82) is 0 Å². The van der Waals surface area contributed by atoms with E-state index in [1.54, 1.807) is 27.7 Å². The molecular weight excluding hydrogens is 436 g/mol. The summed E-state index contributed by atoms with van der Waals surface area (Å²) in [4.78, 5) is 12.4. The van der Waals surface area contributed by atoms with Gasteiger partial charge in [0.25, 0.3) is 0 Å². The number of ether oxygens (including phenoxy) is 1. The zero-order valence-electron chi connectivity index (χ0n) is 18.2. The van der Waals surface area contributed by atoms with Crippen LogP contribution in [0.3, 0.4) is 0 Å². The summed E-state index contributed by atoms with van der Waals surface area (Å²) in [6.07, 6.45) is 8.69. The average molecular weight is 460 g/mol. The third-order valence-electron chi connectivity index (χ3n) is 5.57. The molecule has 1 aromatic heterocycles. The molecule has 0 spiro atoms. The lowest BCUT2D eigenvalue weighted by Gasteiger charge is -2.38. The number of sulfone groups is 1. The molecule has 1 aliphatic rings. The van der Waals surface area contributed by atoms with E-state index in [0.717, 1.165) is 6.08 Å². The maximum Gasteiger partial charge on any atom is 0.233 e. The summed E-state index contributed by atoms with van der Waals surface area (Å²) in [5.74, 6) is 0.757. The van der Waals surface area contributed by atoms with Crippen LogP contribution in [0.15, 0.2) is 35.6 Å². The number of aromatic nitrogens is 2.